The standard InChI is InChI=1S/C24H26N6O3/c31-22(15-7-8-15)28-12-9-17-16(14-28)23(32)30-21(26-17)13-19(27-30)20-6-2-4-11-29(20)24(33)18-5-1-3-10-25-18/h1,3,5,10,13,15,20,27H,2,4,6-9,11-12,14H2/t20-/m0/s1. The minimum Gasteiger partial charge on any atom is -0.337 e. The molecule has 1 aliphatic carbocycles. The molecule has 2 amide bonds. The molecule has 0 bridgehead atoms. The Morgan fingerprint density at radius 3 is 2.76 bits per heavy atom. The molecule has 9 nitrogen and oxygen atoms in total. The number of amides is 2. The van der Waals surface area contributed by atoms with Crippen LogP contribution in [0.15, 0.2) is 35.3 Å². The molecule has 0 unspecified atom stereocenters. The second-order valence-electron chi connectivity index (χ2n) is 9.26. The summed E-state index contributed by atoms with van der Waals surface area (Å²) in [6.45, 7) is 1.57. The Morgan fingerprint density at radius 1 is 1.09 bits per heavy atom. The van der Waals surface area contributed by atoms with Crippen LogP contribution in [0.2, 0.25) is 0 Å². The Kier molecular flexibility index (Phi) is 4.78. The van der Waals surface area contributed by atoms with Crippen molar-refractivity contribution in [2.24, 2.45) is 5.92 Å². The molecule has 6 rings (SSSR count). The number of piperidine rings is 1. The minimum atomic E-state index is -0.167. The highest BCUT2D eigenvalue weighted by molar-refractivity contribution is 5.92. The molecule has 3 aromatic heterocycles. The fourth-order valence-electron chi connectivity index (χ4n) is 5.08. The normalized spacial score (nSPS) is 20.7. The molecular weight excluding hydrogens is 420 g/mol. The number of aromatic amines is 1. The van der Waals surface area contributed by atoms with Crippen molar-refractivity contribution in [1.82, 2.24) is 29.4 Å². The van der Waals surface area contributed by atoms with Gasteiger partial charge in [0.2, 0.25) is 5.91 Å². The summed E-state index contributed by atoms with van der Waals surface area (Å²) < 4.78 is 1.47. The van der Waals surface area contributed by atoms with Gasteiger partial charge in [-0.15, -0.1) is 0 Å². The number of nitrogens with one attached hydrogen (secondary N) is 1. The lowest BCUT2D eigenvalue weighted by Gasteiger charge is -2.34. The maximum atomic E-state index is 13.3. The lowest BCUT2D eigenvalue weighted by molar-refractivity contribution is -0.133. The van der Waals surface area contributed by atoms with Gasteiger partial charge < -0.3 is 9.80 Å². The van der Waals surface area contributed by atoms with Crippen LogP contribution in [-0.4, -0.2) is 54.3 Å². The largest absolute Gasteiger partial charge is 0.337 e. The van der Waals surface area contributed by atoms with Crippen LogP contribution in [0.5, 0.6) is 0 Å². The van der Waals surface area contributed by atoms with Gasteiger partial charge in [0, 0.05) is 37.7 Å². The van der Waals surface area contributed by atoms with Gasteiger partial charge in [-0.2, -0.15) is 0 Å². The SMILES string of the molecule is O=C(C1CC1)N1CCc2nc3cc([C@@H]4CCCCN4C(=O)c4ccccn4)[nH]n3c(=O)c2C1. The zero-order chi connectivity index (χ0) is 22.5. The number of nitrogens with zero attached hydrogens (tertiary/aromatic N) is 5. The van der Waals surface area contributed by atoms with E-state index in [-0.39, 0.29) is 29.3 Å². The maximum absolute atomic E-state index is 13.3. The van der Waals surface area contributed by atoms with Gasteiger partial charge in [-0.25, -0.2) is 9.50 Å². The number of carbonyl (C=O) groups excluding carboxylic acids is 2. The van der Waals surface area contributed by atoms with Crippen LogP contribution in [0.4, 0.5) is 0 Å². The van der Waals surface area contributed by atoms with Crippen molar-refractivity contribution in [2.75, 3.05) is 13.1 Å². The highest BCUT2D eigenvalue weighted by atomic mass is 16.2. The molecule has 9 heteroatoms. The number of hydrogen-bond acceptors (Lipinski definition) is 5. The van der Waals surface area contributed by atoms with Crippen LogP contribution in [0.3, 0.4) is 0 Å². The van der Waals surface area contributed by atoms with Gasteiger partial charge in [0.05, 0.1) is 29.5 Å². The van der Waals surface area contributed by atoms with Gasteiger partial charge in [-0.05, 0) is 44.2 Å². The molecule has 2 aliphatic heterocycles. The van der Waals surface area contributed by atoms with Crippen molar-refractivity contribution in [3.8, 4) is 0 Å². The molecule has 1 saturated carbocycles. The number of likely N-dealkylation sites (tertiary alicyclic amines) is 1. The molecule has 1 N–H and O–H groups in total. The third-order valence-electron chi connectivity index (χ3n) is 7.03. The van der Waals surface area contributed by atoms with E-state index < -0.39 is 0 Å². The molecule has 0 spiro atoms. The van der Waals surface area contributed by atoms with Crippen LogP contribution in [0.25, 0.3) is 5.65 Å². The van der Waals surface area contributed by atoms with Gasteiger partial charge in [0.15, 0.2) is 5.65 Å². The number of fused-ring (bicyclic) bond motifs is 2. The minimum absolute atomic E-state index is 0.104. The van der Waals surface area contributed by atoms with E-state index in [1.807, 2.05) is 17.0 Å². The third-order valence-corrected chi connectivity index (χ3v) is 7.03. The fraction of sp³-hybridized carbons (Fsp3) is 0.458. The highest BCUT2D eigenvalue weighted by Gasteiger charge is 2.36. The molecule has 2 fully saturated rings. The number of carbonyl (C=O) groups is 2. The lowest BCUT2D eigenvalue weighted by Crippen LogP contribution is -2.41. The van der Waals surface area contributed by atoms with E-state index in [0.29, 0.717) is 43.0 Å². The van der Waals surface area contributed by atoms with Crippen LogP contribution < -0.4 is 5.56 Å². The second kappa shape index (κ2) is 7.83. The van der Waals surface area contributed by atoms with Crippen molar-refractivity contribution >= 4 is 17.5 Å². The van der Waals surface area contributed by atoms with Gasteiger partial charge in [-0.1, -0.05) is 6.07 Å². The van der Waals surface area contributed by atoms with Crippen molar-refractivity contribution in [3.63, 3.8) is 0 Å². The quantitative estimate of drug-likeness (QED) is 0.664. The first-order valence-corrected chi connectivity index (χ1v) is 11.7. The zero-order valence-corrected chi connectivity index (χ0v) is 18.4. The lowest BCUT2D eigenvalue weighted by atomic mass is 9.99. The maximum Gasteiger partial charge on any atom is 0.277 e. The molecule has 170 valence electrons. The summed E-state index contributed by atoms with van der Waals surface area (Å²) in [5.74, 6) is 0.188. The molecule has 1 atom stereocenters. The topological polar surface area (TPSA) is 104 Å². The van der Waals surface area contributed by atoms with Crippen LogP contribution in [0.1, 0.15) is 65.6 Å². The first kappa shape index (κ1) is 20.1. The molecule has 1 saturated heterocycles. The van der Waals surface area contributed by atoms with E-state index in [9.17, 15) is 14.4 Å². The summed E-state index contributed by atoms with van der Waals surface area (Å²) in [6, 6.07) is 7.06. The summed E-state index contributed by atoms with van der Waals surface area (Å²) in [7, 11) is 0. The van der Waals surface area contributed by atoms with Gasteiger partial charge in [-0.3, -0.25) is 24.5 Å². The van der Waals surface area contributed by atoms with Gasteiger partial charge >= 0.3 is 0 Å². The average Bonchev–Trinajstić information content (AvgIpc) is 3.63. The predicted octanol–water partition coefficient (Wildman–Crippen LogP) is 2.08. The Balaban J connectivity index is 1.34. The molecule has 0 aromatic carbocycles. The Bertz CT molecular complexity index is 1290. The smallest absolute Gasteiger partial charge is 0.277 e. The number of aromatic nitrogens is 4. The van der Waals surface area contributed by atoms with Crippen molar-refractivity contribution < 1.29 is 9.59 Å². The van der Waals surface area contributed by atoms with E-state index >= 15 is 0 Å². The molecule has 0 radical (unpaired) electrons. The number of pyridine rings is 1. The number of rotatable bonds is 3. The van der Waals surface area contributed by atoms with E-state index in [1.54, 1.807) is 23.2 Å². The summed E-state index contributed by atoms with van der Waals surface area (Å²) in [6.07, 6.45) is 6.87. The van der Waals surface area contributed by atoms with Crippen LogP contribution in [0, 0.1) is 5.92 Å². The molecular formula is C24H26N6O3. The van der Waals surface area contributed by atoms with Crippen molar-refractivity contribution in [1.29, 1.82) is 0 Å². The number of hydrogen-bond donors (Lipinski definition) is 1. The Labute approximate surface area is 190 Å². The Morgan fingerprint density at radius 2 is 1.97 bits per heavy atom. The van der Waals surface area contributed by atoms with Crippen molar-refractivity contribution in [2.45, 2.75) is 51.1 Å². The monoisotopic (exact) mass is 446 g/mol. The summed E-state index contributed by atoms with van der Waals surface area (Å²) in [5.41, 5.74) is 2.99. The van der Waals surface area contributed by atoms with Gasteiger partial charge in [0.1, 0.15) is 5.69 Å². The third kappa shape index (κ3) is 3.51. The van der Waals surface area contributed by atoms with E-state index in [1.165, 1.54) is 4.52 Å². The number of H-pyrrole nitrogens is 1. The summed E-state index contributed by atoms with van der Waals surface area (Å²) in [5, 5.41) is 3.22. The average molecular weight is 447 g/mol. The second-order valence-corrected chi connectivity index (χ2v) is 9.26. The zero-order valence-electron chi connectivity index (χ0n) is 18.4. The molecule has 3 aliphatic rings. The first-order valence-electron chi connectivity index (χ1n) is 11.7. The summed E-state index contributed by atoms with van der Waals surface area (Å²) in [4.78, 5) is 51.6. The summed E-state index contributed by atoms with van der Waals surface area (Å²) >= 11 is 0. The highest BCUT2D eigenvalue weighted by Crippen LogP contribution is 2.33. The van der Waals surface area contributed by atoms with Gasteiger partial charge in [0.25, 0.3) is 11.5 Å². The van der Waals surface area contributed by atoms with E-state index in [4.69, 9.17) is 4.98 Å². The molecule has 33 heavy (non-hydrogen) atoms. The van der Waals surface area contributed by atoms with Crippen LogP contribution in [-0.2, 0) is 17.8 Å². The van der Waals surface area contributed by atoms with Crippen molar-refractivity contribution in [3.05, 3.63) is 63.5 Å². The fourth-order valence-corrected chi connectivity index (χ4v) is 5.08. The predicted molar refractivity (Wildman–Crippen MR) is 120 cm³/mol. The Hall–Kier alpha value is -3.49. The molecule has 3 aromatic rings. The van der Waals surface area contributed by atoms with Crippen LogP contribution >= 0.6 is 0 Å². The first-order chi connectivity index (χ1) is 16.1. The molecule has 5 heterocycles. The van der Waals surface area contributed by atoms with E-state index in [2.05, 4.69) is 10.1 Å². The van der Waals surface area contributed by atoms with E-state index in [0.717, 1.165) is 43.5 Å².